The van der Waals surface area contributed by atoms with Crippen molar-refractivity contribution in [1.82, 2.24) is 0 Å². The maximum Gasteiger partial charge on any atom is 0.0575 e. The summed E-state index contributed by atoms with van der Waals surface area (Å²) >= 11 is 0. The van der Waals surface area contributed by atoms with E-state index in [1.165, 1.54) is 38.5 Å². The SMILES string of the molecule is CCCCCOC1CCC1. The standard InChI is InChI=1S/C9H18O/c1-2-3-4-8-10-9-6-5-7-9/h9H,2-8H2,1H3. The Morgan fingerprint density at radius 1 is 1.30 bits per heavy atom. The smallest absolute Gasteiger partial charge is 0.0575 e. The highest BCUT2D eigenvalue weighted by atomic mass is 16.5. The first-order valence-electron chi connectivity index (χ1n) is 4.55. The van der Waals surface area contributed by atoms with Crippen LogP contribution in [0.4, 0.5) is 0 Å². The van der Waals surface area contributed by atoms with Gasteiger partial charge in [-0.1, -0.05) is 19.8 Å². The molecule has 0 radical (unpaired) electrons. The Morgan fingerprint density at radius 3 is 2.60 bits per heavy atom. The first-order valence-corrected chi connectivity index (χ1v) is 4.55. The van der Waals surface area contributed by atoms with Crippen molar-refractivity contribution in [1.29, 1.82) is 0 Å². The van der Waals surface area contributed by atoms with Crippen LogP contribution in [-0.2, 0) is 4.74 Å². The monoisotopic (exact) mass is 142 g/mol. The van der Waals surface area contributed by atoms with Gasteiger partial charge in [-0.3, -0.25) is 0 Å². The van der Waals surface area contributed by atoms with E-state index in [9.17, 15) is 0 Å². The van der Waals surface area contributed by atoms with E-state index in [0.29, 0.717) is 6.10 Å². The Morgan fingerprint density at radius 2 is 2.10 bits per heavy atom. The molecule has 60 valence electrons. The van der Waals surface area contributed by atoms with Crippen LogP contribution in [0.25, 0.3) is 0 Å². The van der Waals surface area contributed by atoms with Gasteiger partial charge in [0.1, 0.15) is 0 Å². The van der Waals surface area contributed by atoms with Gasteiger partial charge < -0.3 is 4.74 Å². The number of unbranched alkanes of at least 4 members (excludes halogenated alkanes) is 2. The highest BCUT2D eigenvalue weighted by molar-refractivity contribution is 4.68. The first-order chi connectivity index (χ1) is 4.93. The van der Waals surface area contributed by atoms with E-state index in [0.717, 1.165) is 6.61 Å². The van der Waals surface area contributed by atoms with Crippen LogP contribution in [0.3, 0.4) is 0 Å². The van der Waals surface area contributed by atoms with Crippen LogP contribution >= 0.6 is 0 Å². The average molecular weight is 142 g/mol. The maximum absolute atomic E-state index is 5.58. The zero-order valence-corrected chi connectivity index (χ0v) is 6.94. The fourth-order valence-corrected chi connectivity index (χ4v) is 1.14. The second kappa shape index (κ2) is 4.73. The lowest BCUT2D eigenvalue weighted by Crippen LogP contribution is -2.21. The van der Waals surface area contributed by atoms with Gasteiger partial charge in [-0.25, -0.2) is 0 Å². The van der Waals surface area contributed by atoms with Crippen molar-refractivity contribution < 1.29 is 4.74 Å². The zero-order valence-electron chi connectivity index (χ0n) is 6.94. The van der Waals surface area contributed by atoms with Gasteiger partial charge in [0, 0.05) is 6.61 Å². The first kappa shape index (κ1) is 8.06. The highest BCUT2D eigenvalue weighted by Crippen LogP contribution is 2.21. The van der Waals surface area contributed by atoms with E-state index < -0.39 is 0 Å². The fraction of sp³-hybridized carbons (Fsp3) is 1.00. The molecule has 1 aliphatic rings. The molecule has 0 aromatic heterocycles. The van der Waals surface area contributed by atoms with Crippen molar-refractivity contribution in [2.24, 2.45) is 0 Å². The summed E-state index contributed by atoms with van der Waals surface area (Å²) < 4.78 is 5.58. The van der Waals surface area contributed by atoms with Crippen LogP contribution in [0.1, 0.15) is 45.4 Å². The van der Waals surface area contributed by atoms with Crippen LogP contribution in [0.15, 0.2) is 0 Å². The number of rotatable bonds is 5. The molecule has 1 saturated carbocycles. The molecule has 0 heterocycles. The molecule has 0 aromatic rings. The van der Waals surface area contributed by atoms with Crippen LogP contribution in [0.2, 0.25) is 0 Å². The minimum atomic E-state index is 0.636. The number of hydrogen-bond donors (Lipinski definition) is 0. The molecular weight excluding hydrogens is 124 g/mol. The highest BCUT2D eigenvalue weighted by Gasteiger charge is 2.16. The summed E-state index contributed by atoms with van der Waals surface area (Å²) in [6.07, 6.45) is 8.53. The third kappa shape index (κ3) is 2.70. The Labute approximate surface area is 63.8 Å². The van der Waals surface area contributed by atoms with Crippen molar-refractivity contribution >= 4 is 0 Å². The maximum atomic E-state index is 5.58. The van der Waals surface area contributed by atoms with E-state index in [1.54, 1.807) is 0 Å². The molecule has 0 aromatic carbocycles. The summed E-state index contributed by atoms with van der Waals surface area (Å²) in [6.45, 7) is 3.22. The van der Waals surface area contributed by atoms with Gasteiger partial charge in [-0.05, 0) is 25.7 Å². The van der Waals surface area contributed by atoms with Crippen molar-refractivity contribution in [3.8, 4) is 0 Å². The minimum absolute atomic E-state index is 0.636. The van der Waals surface area contributed by atoms with Crippen LogP contribution in [-0.4, -0.2) is 12.7 Å². The largest absolute Gasteiger partial charge is 0.378 e. The van der Waals surface area contributed by atoms with Crippen LogP contribution in [0.5, 0.6) is 0 Å². The Kier molecular flexibility index (Phi) is 3.81. The quantitative estimate of drug-likeness (QED) is 0.536. The van der Waals surface area contributed by atoms with Gasteiger partial charge >= 0.3 is 0 Å². The van der Waals surface area contributed by atoms with E-state index in [2.05, 4.69) is 6.92 Å². The summed E-state index contributed by atoms with van der Waals surface area (Å²) in [6, 6.07) is 0. The topological polar surface area (TPSA) is 9.23 Å². The van der Waals surface area contributed by atoms with Gasteiger partial charge in [0.15, 0.2) is 0 Å². The molecule has 0 aliphatic heterocycles. The second-order valence-corrected chi connectivity index (χ2v) is 3.13. The summed E-state index contributed by atoms with van der Waals surface area (Å²) in [4.78, 5) is 0. The molecule has 0 atom stereocenters. The lowest BCUT2D eigenvalue weighted by Gasteiger charge is -2.25. The van der Waals surface area contributed by atoms with Gasteiger partial charge in [0.25, 0.3) is 0 Å². The predicted octanol–water partition coefficient (Wildman–Crippen LogP) is 2.75. The summed E-state index contributed by atoms with van der Waals surface area (Å²) in [5.74, 6) is 0. The molecule has 1 rings (SSSR count). The second-order valence-electron chi connectivity index (χ2n) is 3.13. The molecule has 0 amide bonds. The van der Waals surface area contributed by atoms with Gasteiger partial charge in [-0.2, -0.15) is 0 Å². The lowest BCUT2D eigenvalue weighted by atomic mass is 9.96. The van der Waals surface area contributed by atoms with Crippen LogP contribution in [0, 0.1) is 0 Å². The average Bonchev–Trinajstić information content (AvgIpc) is 1.84. The number of ether oxygens (including phenoxy) is 1. The van der Waals surface area contributed by atoms with E-state index in [-0.39, 0.29) is 0 Å². The van der Waals surface area contributed by atoms with Gasteiger partial charge in [-0.15, -0.1) is 0 Å². The molecule has 0 unspecified atom stereocenters. The lowest BCUT2D eigenvalue weighted by molar-refractivity contribution is 0.000750. The molecule has 0 bridgehead atoms. The summed E-state index contributed by atoms with van der Waals surface area (Å²) in [5, 5.41) is 0. The molecule has 0 spiro atoms. The summed E-state index contributed by atoms with van der Waals surface area (Å²) in [5.41, 5.74) is 0. The molecule has 10 heavy (non-hydrogen) atoms. The normalized spacial score (nSPS) is 18.9. The van der Waals surface area contributed by atoms with E-state index >= 15 is 0 Å². The van der Waals surface area contributed by atoms with Gasteiger partial charge in [0.05, 0.1) is 6.10 Å². The Bertz CT molecular complexity index is 76.8. The molecule has 1 nitrogen and oxygen atoms in total. The molecule has 0 N–H and O–H groups in total. The van der Waals surface area contributed by atoms with E-state index in [4.69, 9.17) is 4.74 Å². The third-order valence-corrected chi connectivity index (χ3v) is 2.15. The molecule has 1 fully saturated rings. The molecule has 1 aliphatic carbocycles. The van der Waals surface area contributed by atoms with Crippen molar-refractivity contribution in [2.75, 3.05) is 6.61 Å². The molecular formula is C9H18O. The molecule has 1 heteroatoms. The number of hydrogen-bond acceptors (Lipinski definition) is 1. The Balaban J connectivity index is 1.76. The van der Waals surface area contributed by atoms with Crippen molar-refractivity contribution in [2.45, 2.75) is 51.6 Å². The molecule has 0 saturated heterocycles. The van der Waals surface area contributed by atoms with Crippen LogP contribution < -0.4 is 0 Å². The van der Waals surface area contributed by atoms with E-state index in [1.807, 2.05) is 0 Å². The van der Waals surface area contributed by atoms with Gasteiger partial charge in [0.2, 0.25) is 0 Å². The van der Waals surface area contributed by atoms with Crippen molar-refractivity contribution in [3.05, 3.63) is 0 Å². The summed E-state index contributed by atoms with van der Waals surface area (Å²) in [7, 11) is 0. The third-order valence-electron chi connectivity index (χ3n) is 2.15. The predicted molar refractivity (Wildman–Crippen MR) is 43.1 cm³/mol. The minimum Gasteiger partial charge on any atom is -0.378 e. The van der Waals surface area contributed by atoms with Crippen molar-refractivity contribution in [3.63, 3.8) is 0 Å². The Hall–Kier alpha value is -0.0400. The fourth-order valence-electron chi connectivity index (χ4n) is 1.14. The zero-order chi connectivity index (χ0) is 7.23.